The van der Waals surface area contributed by atoms with Gasteiger partial charge in [-0.05, 0) is 39.3 Å². The number of halogens is 1. The van der Waals surface area contributed by atoms with Gasteiger partial charge in [0.2, 0.25) is 0 Å². The number of hydrogen-bond donors (Lipinski definition) is 1. The van der Waals surface area contributed by atoms with Crippen LogP contribution in [0.5, 0.6) is 0 Å². The summed E-state index contributed by atoms with van der Waals surface area (Å²) in [7, 11) is -3.89. The number of carbonyl (C=O) groups excluding carboxylic acids is 1. The number of amides is 1. The second kappa shape index (κ2) is 6.84. The van der Waals surface area contributed by atoms with Crippen LogP contribution in [0.4, 0.5) is 4.79 Å². The number of hydrogen-bond acceptors (Lipinski definition) is 5. The van der Waals surface area contributed by atoms with Crippen LogP contribution < -0.4 is 0 Å². The monoisotopic (exact) mass is 389 g/mol. The Kier molecular flexibility index (Phi) is 5.34. The third-order valence-electron chi connectivity index (χ3n) is 3.76. The lowest BCUT2D eigenvalue weighted by molar-refractivity contribution is -0.142. The molecule has 9 heteroatoms. The third-order valence-corrected chi connectivity index (χ3v) is 6.39. The van der Waals surface area contributed by atoms with Crippen molar-refractivity contribution in [3.05, 3.63) is 29.3 Å². The SMILES string of the molecule is CC(C)(C)OC(=O)N1CC(S(=O)(=O)c2ccccc2Cl)CC1C(=O)O. The molecule has 1 aromatic rings. The Hall–Kier alpha value is -1.80. The van der Waals surface area contributed by atoms with E-state index in [9.17, 15) is 23.1 Å². The number of carbonyl (C=O) groups is 2. The predicted molar refractivity (Wildman–Crippen MR) is 91.4 cm³/mol. The molecule has 2 atom stereocenters. The van der Waals surface area contributed by atoms with E-state index in [4.69, 9.17) is 16.3 Å². The molecule has 1 aromatic carbocycles. The second-order valence-corrected chi connectivity index (χ2v) is 9.42. The van der Waals surface area contributed by atoms with E-state index in [1.807, 2.05) is 0 Å². The minimum absolute atomic E-state index is 0.0603. The van der Waals surface area contributed by atoms with E-state index in [0.29, 0.717) is 0 Å². The van der Waals surface area contributed by atoms with E-state index in [1.165, 1.54) is 18.2 Å². The van der Waals surface area contributed by atoms with Gasteiger partial charge in [-0.1, -0.05) is 23.7 Å². The molecule has 2 unspecified atom stereocenters. The van der Waals surface area contributed by atoms with Gasteiger partial charge >= 0.3 is 12.1 Å². The highest BCUT2D eigenvalue weighted by Crippen LogP contribution is 2.32. The van der Waals surface area contributed by atoms with Gasteiger partial charge in [0, 0.05) is 6.54 Å². The number of nitrogens with zero attached hydrogens (tertiary/aromatic N) is 1. The fourth-order valence-corrected chi connectivity index (χ4v) is 4.85. The first-order valence-electron chi connectivity index (χ1n) is 7.64. The molecule has 0 spiro atoms. The third kappa shape index (κ3) is 4.24. The zero-order valence-electron chi connectivity index (χ0n) is 14.1. The van der Waals surface area contributed by atoms with Crippen LogP contribution in [0.2, 0.25) is 5.02 Å². The Morgan fingerprint density at radius 1 is 1.28 bits per heavy atom. The summed E-state index contributed by atoms with van der Waals surface area (Å²) < 4.78 is 30.8. The fourth-order valence-electron chi connectivity index (χ4n) is 2.63. The molecular weight excluding hydrogens is 370 g/mol. The number of likely N-dealkylation sites (tertiary alicyclic amines) is 1. The van der Waals surface area contributed by atoms with Crippen molar-refractivity contribution in [2.24, 2.45) is 0 Å². The molecule has 1 N–H and O–H groups in total. The van der Waals surface area contributed by atoms with Gasteiger partial charge in [0.15, 0.2) is 9.84 Å². The summed E-state index contributed by atoms with van der Waals surface area (Å²) in [4.78, 5) is 24.6. The van der Waals surface area contributed by atoms with Crippen LogP contribution in [0.25, 0.3) is 0 Å². The quantitative estimate of drug-likeness (QED) is 0.852. The summed E-state index contributed by atoms with van der Waals surface area (Å²) in [5, 5.41) is 8.36. The second-order valence-electron chi connectivity index (χ2n) is 6.82. The molecular formula is C16H20ClNO6S. The zero-order valence-corrected chi connectivity index (χ0v) is 15.7. The van der Waals surface area contributed by atoms with Crippen molar-refractivity contribution in [3.63, 3.8) is 0 Å². The van der Waals surface area contributed by atoms with E-state index < -0.39 is 38.8 Å². The number of carboxylic acid groups (broad SMARTS) is 1. The van der Waals surface area contributed by atoms with E-state index >= 15 is 0 Å². The van der Waals surface area contributed by atoms with E-state index in [-0.39, 0.29) is 22.9 Å². The van der Waals surface area contributed by atoms with Gasteiger partial charge < -0.3 is 9.84 Å². The van der Waals surface area contributed by atoms with Gasteiger partial charge in [0.05, 0.1) is 15.2 Å². The summed E-state index contributed by atoms with van der Waals surface area (Å²) in [6.45, 7) is 4.68. The summed E-state index contributed by atoms with van der Waals surface area (Å²) in [5.74, 6) is -1.28. The molecule has 0 bridgehead atoms. The minimum atomic E-state index is -3.89. The summed E-state index contributed by atoms with van der Waals surface area (Å²) in [6, 6.07) is 4.68. The number of carboxylic acids is 1. The molecule has 1 heterocycles. The average molecular weight is 390 g/mol. The summed E-state index contributed by atoms with van der Waals surface area (Å²) >= 11 is 5.97. The van der Waals surface area contributed by atoms with E-state index in [0.717, 1.165) is 4.90 Å². The Morgan fingerprint density at radius 2 is 1.88 bits per heavy atom. The molecule has 0 aromatic heterocycles. The van der Waals surface area contributed by atoms with Gasteiger partial charge in [-0.3, -0.25) is 4.90 Å². The normalized spacial score (nSPS) is 21.2. The van der Waals surface area contributed by atoms with Crippen LogP contribution in [-0.2, 0) is 19.4 Å². The Balaban J connectivity index is 2.32. The molecule has 1 aliphatic rings. The highest BCUT2D eigenvalue weighted by Gasteiger charge is 2.47. The lowest BCUT2D eigenvalue weighted by Gasteiger charge is -2.26. The molecule has 0 radical (unpaired) electrons. The molecule has 2 rings (SSSR count). The van der Waals surface area contributed by atoms with Crippen LogP contribution in [0, 0.1) is 0 Å². The first-order chi connectivity index (χ1) is 11.4. The van der Waals surface area contributed by atoms with Crippen molar-refractivity contribution < 1.29 is 27.9 Å². The molecule has 1 aliphatic heterocycles. The molecule has 138 valence electrons. The standard InChI is InChI=1S/C16H20ClNO6S/c1-16(2,3)24-15(21)18-9-10(8-12(18)14(19)20)25(22,23)13-7-5-4-6-11(13)17/h4-7,10,12H,8-9H2,1-3H3,(H,19,20). The van der Waals surface area contributed by atoms with Gasteiger partial charge in [-0.25, -0.2) is 18.0 Å². The summed E-state index contributed by atoms with van der Waals surface area (Å²) in [6.07, 6.45) is -1.07. The minimum Gasteiger partial charge on any atom is -0.480 e. The lowest BCUT2D eigenvalue weighted by Crippen LogP contribution is -2.43. The molecule has 7 nitrogen and oxygen atoms in total. The maximum atomic E-state index is 12.8. The first-order valence-corrected chi connectivity index (χ1v) is 9.57. The number of aliphatic carboxylic acids is 1. The van der Waals surface area contributed by atoms with E-state index in [1.54, 1.807) is 26.8 Å². The first kappa shape index (κ1) is 19.5. The topological polar surface area (TPSA) is 101 Å². The molecule has 1 fully saturated rings. The van der Waals surface area contributed by atoms with Gasteiger partial charge in [-0.15, -0.1) is 0 Å². The fraction of sp³-hybridized carbons (Fsp3) is 0.500. The number of benzene rings is 1. The zero-order chi connectivity index (χ0) is 19.0. The lowest BCUT2D eigenvalue weighted by atomic mass is 10.2. The van der Waals surface area contributed by atoms with Gasteiger partial charge in [0.25, 0.3) is 0 Å². The molecule has 1 saturated heterocycles. The van der Waals surface area contributed by atoms with Crippen LogP contribution >= 0.6 is 11.6 Å². The Bertz CT molecular complexity index is 786. The Morgan fingerprint density at radius 3 is 2.40 bits per heavy atom. The number of rotatable bonds is 3. The van der Waals surface area contributed by atoms with Gasteiger partial charge in [-0.2, -0.15) is 0 Å². The van der Waals surface area contributed by atoms with Crippen LogP contribution in [-0.4, -0.2) is 53.9 Å². The number of sulfone groups is 1. The maximum absolute atomic E-state index is 12.8. The van der Waals surface area contributed by atoms with Gasteiger partial charge in [0.1, 0.15) is 11.6 Å². The molecule has 25 heavy (non-hydrogen) atoms. The van der Waals surface area contributed by atoms with Crippen molar-refractivity contribution in [1.29, 1.82) is 0 Å². The van der Waals surface area contributed by atoms with Crippen molar-refractivity contribution in [2.45, 2.75) is 49.0 Å². The van der Waals surface area contributed by atoms with Crippen molar-refractivity contribution in [1.82, 2.24) is 4.90 Å². The maximum Gasteiger partial charge on any atom is 0.411 e. The molecule has 0 saturated carbocycles. The summed E-state index contributed by atoms with van der Waals surface area (Å²) in [5.41, 5.74) is -0.820. The smallest absolute Gasteiger partial charge is 0.411 e. The predicted octanol–water partition coefficient (Wildman–Crippen LogP) is 2.58. The van der Waals surface area contributed by atoms with Crippen molar-refractivity contribution >= 4 is 33.5 Å². The van der Waals surface area contributed by atoms with Crippen LogP contribution in [0.15, 0.2) is 29.2 Å². The highest BCUT2D eigenvalue weighted by molar-refractivity contribution is 7.92. The molecule has 1 amide bonds. The Labute approximate surface area is 151 Å². The van der Waals surface area contributed by atoms with Crippen molar-refractivity contribution in [3.8, 4) is 0 Å². The largest absolute Gasteiger partial charge is 0.480 e. The van der Waals surface area contributed by atoms with Crippen molar-refractivity contribution in [2.75, 3.05) is 6.54 Å². The number of ether oxygens (including phenoxy) is 1. The van der Waals surface area contributed by atoms with Crippen LogP contribution in [0.3, 0.4) is 0 Å². The highest BCUT2D eigenvalue weighted by atomic mass is 35.5. The average Bonchev–Trinajstić information content (AvgIpc) is 2.92. The van der Waals surface area contributed by atoms with E-state index in [2.05, 4.69) is 0 Å². The van der Waals surface area contributed by atoms with Crippen LogP contribution in [0.1, 0.15) is 27.2 Å². The molecule has 0 aliphatic carbocycles.